The van der Waals surface area contributed by atoms with E-state index in [-0.39, 0.29) is 20.1 Å². The number of para-hydroxylation sites is 1. The maximum Gasteiger partial charge on any atom is 0.168 e. The van der Waals surface area contributed by atoms with Gasteiger partial charge in [-0.1, -0.05) is 67.3 Å². The summed E-state index contributed by atoms with van der Waals surface area (Å²) in [6.45, 7) is 5.80. The monoisotopic (exact) mass is 764 g/mol. The summed E-state index contributed by atoms with van der Waals surface area (Å²) in [6.07, 6.45) is 3.63. The predicted molar refractivity (Wildman–Crippen MR) is 178 cm³/mol. The first kappa shape index (κ1) is 28.8. The maximum atomic E-state index is 8.39. The third-order valence-corrected chi connectivity index (χ3v) is 7.55. The molecule has 6 heteroatoms. The van der Waals surface area contributed by atoms with Gasteiger partial charge in [0.25, 0.3) is 0 Å². The first-order valence-electron chi connectivity index (χ1n) is 15.0. The normalized spacial score (nSPS) is 11.6. The number of aromatic nitrogens is 4. The van der Waals surface area contributed by atoms with E-state index >= 15 is 0 Å². The van der Waals surface area contributed by atoms with E-state index in [9.17, 15) is 0 Å². The second-order valence-electron chi connectivity index (χ2n) is 10.9. The van der Waals surface area contributed by atoms with E-state index in [0.717, 1.165) is 66.9 Å². The van der Waals surface area contributed by atoms with Crippen LogP contribution in [0.4, 0.5) is 0 Å². The molecule has 0 bridgehead atoms. The SMILES string of the molecule is [2H]C(C)(C)c1ccc2c(c1)oc1c(-c3nc4ncc(C)cc4n3-c3ccccc3)[c-]ccc12.[Ir].[c-]1ccccc1-c1ccccn1. The molecule has 8 rings (SSSR count). The number of rotatable bonds is 4. The minimum atomic E-state index is -0.701. The molecule has 8 aromatic rings. The molecule has 0 atom stereocenters. The van der Waals surface area contributed by atoms with Crippen molar-refractivity contribution in [3.63, 3.8) is 0 Å². The fourth-order valence-electron chi connectivity index (χ4n) is 5.36. The van der Waals surface area contributed by atoms with E-state index in [1.54, 1.807) is 6.20 Å². The van der Waals surface area contributed by atoms with Crippen LogP contribution in [0.15, 0.2) is 126 Å². The van der Waals surface area contributed by atoms with Crippen molar-refractivity contribution in [2.24, 2.45) is 0 Å². The number of hydrogen-bond acceptors (Lipinski definition) is 4. The number of furan rings is 1. The molecule has 0 unspecified atom stereocenters. The minimum Gasteiger partial charge on any atom is -0.501 e. The molecular weight excluding hydrogens is 733 g/mol. The maximum absolute atomic E-state index is 8.39. The molecule has 5 nitrogen and oxygen atoms in total. The van der Waals surface area contributed by atoms with Gasteiger partial charge in [-0.05, 0) is 60.0 Å². The van der Waals surface area contributed by atoms with E-state index in [1.165, 1.54) is 0 Å². The average molecular weight is 764 g/mol. The first-order chi connectivity index (χ1) is 21.9. The Kier molecular flexibility index (Phi) is 8.33. The molecule has 4 aromatic heterocycles. The molecule has 0 saturated carbocycles. The van der Waals surface area contributed by atoms with Crippen LogP contribution in [-0.2, 0) is 20.1 Å². The summed E-state index contributed by atoms with van der Waals surface area (Å²) < 4.78 is 16.9. The van der Waals surface area contributed by atoms with Crippen LogP contribution in [0.5, 0.6) is 0 Å². The summed E-state index contributed by atoms with van der Waals surface area (Å²) in [7, 11) is 0. The first-order valence-corrected chi connectivity index (χ1v) is 14.5. The van der Waals surface area contributed by atoms with Crippen LogP contribution in [-0.4, -0.2) is 19.5 Å². The zero-order chi connectivity index (χ0) is 31.0. The molecule has 0 amide bonds. The van der Waals surface area contributed by atoms with Crippen molar-refractivity contribution < 1.29 is 25.9 Å². The number of hydrogen-bond donors (Lipinski definition) is 0. The number of fused-ring (bicyclic) bond motifs is 4. The van der Waals surface area contributed by atoms with Gasteiger partial charge in [-0.15, -0.1) is 54.1 Å². The van der Waals surface area contributed by atoms with Crippen molar-refractivity contribution in [1.29, 1.82) is 0 Å². The van der Waals surface area contributed by atoms with Crippen LogP contribution in [0, 0.1) is 19.1 Å². The standard InChI is InChI=1S/C28H22N3O.C11H8N.Ir/c1-17(2)19-12-13-21-22-10-7-11-23(26(22)32-25(21)15-19)28-30-27-24(14-18(3)16-29-27)31(28)20-8-5-4-6-9-20;1-2-6-10(7-3-1)11-8-4-5-9-12-11;/h4-10,12-17H,1-3H3;1-6,8-9H;/q2*-1;/i17D;;. The van der Waals surface area contributed by atoms with Crippen molar-refractivity contribution in [2.75, 3.05) is 0 Å². The van der Waals surface area contributed by atoms with Crippen molar-refractivity contribution in [3.8, 4) is 28.3 Å². The Labute approximate surface area is 277 Å². The molecule has 0 spiro atoms. The second kappa shape index (κ2) is 13.0. The van der Waals surface area contributed by atoms with Crippen LogP contribution in [0.25, 0.3) is 61.4 Å². The molecule has 0 N–H and O–H groups in total. The van der Waals surface area contributed by atoms with Crippen molar-refractivity contribution in [1.82, 2.24) is 19.5 Å². The van der Waals surface area contributed by atoms with Gasteiger partial charge in [0, 0.05) is 44.9 Å². The van der Waals surface area contributed by atoms with Crippen LogP contribution in [0.1, 0.15) is 32.2 Å². The number of nitrogens with zero attached hydrogens (tertiary/aromatic N) is 4. The van der Waals surface area contributed by atoms with Crippen LogP contribution >= 0.6 is 0 Å². The minimum absolute atomic E-state index is 0. The van der Waals surface area contributed by atoms with E-state index in [4.69, 9.17) is 10.8 Å². The summed E-state index contributed by atoms with van der Waals surface area (Å²) in [5.41, 5.74) is 8.90. The quantitative estimate of drug-likeness (QED) is 0.168. The molecule has 0 aliphatic carbocycles. The van der Waals surface area contributed by atoms with Gasteiger partial charge in [0.1, 0.15) is 5.58 Å². The van der Waals surface area contributed by atoms with E-state index in [0.29, 0.717) is 5.65 Å². The summed E-state index contributed by atoms with van der Waals surface area (Å²) in [4.78, 5) is 13.7. The van der Waals surface area contributed by atoms with Crippen molar-refractivity contribution in [3.05, 3.63) is 145 Å². The van der Waals surface area contributed by atoms with Crippen LogP contribution in [0.2, 0.25) is 0 Å². The van der Waals surface area contributed by atoms with Gasteiger partial charge in [0.15, 0.2) is 5.65 Å². The summed E-state index contributed by atoms with van der Waals surface area (Å²) in [6, 6.07) is 42.4. The Balaban J connectivity index is 0.000000241. The molecule has 1 radical (unpaired) electrons. The number of imidazole rings is 1. The van der Waals surface area contributed by atoms with Gasteiger partial charge in [-0.3, -0.25) is 4.98 Å². The Bertz CT molecular complexity index is 2220. The van der Waals surface area contributed by atoms with Gasteiger partial charge in [-0.25, -0.2) is 4.98 Å². The van der Waals surface area contributed by atoms with E-state index in [2.05, 4.69) is 44.9 Å². The smallest absolute Gasteiger partial charge is 0.168 e. The number of pyridine rings is 2. The fraction of sp³-hybridized carbons (Fsp3) is 0.103. The molecule has 45 heavy (non-hydrogen) atoms. The number of benzene rings is 4. The third-order valence-electron chi connectivity index (χ3n) is 7.55. The van der Waals surface area contributed by atoms with Gasteiger partial charge in [-0.2, -0.15) is 0 Å². The van der Waals surface area contributed by atoms with Gasteiger partial charge >= 0.3 is 0 Å². The second-order valence-corrected chi connectivity index (χ2v) is 10.9. The molecule has 4 aromatic carbocycles. The Morgan fingerprint density at radius 3 is 2.40 bits per heavy atom. The van der Waals surface area contributed by atoms with Gasteiger partial charge in [0.05, 0.1) is 16.9 Å². The van der Waals surface area contributed by atoms with Crippen LogP contribution in [0.3, 0.4) is 0 Å². The predicted octanol–water partition coefficient (Wildman–Crippen LogP) is 9.77. The topological polar surface area (TPSA) is 56.7 Å². The molecular formula is C39H30IrN4O-2. The number of aryl methyl sites for hydroxylation is 1. The Morgan fingerprint density at radius 1 is 0.822 bits per heavy atom. The summed E-state index contributed by atoms with van der Waals surface area (Å²) in [5.74, 6) is 0.0347. The zero-order valence-electron chi connectivity index (χ0n) is 26.1. The zero-order valence-corrected chi connectivity index (χ0v) is 27.5. The summed E-state index contributed by atoms with van der Waals surface area (Å²) >= 11 is 0. The Hall–Kier alpha value is -4.90. The summed E-state index contributed by atoms with van der Waals surface area (Å²) in [5, 5.41) is 2.02. The van der Waals surface area contributed by atoms with Gasteiger partial charge < -0.3 is 14.0 Å². The largest absolute Gasteiger partial charge is 0.501 e. The van der Waals surface area contributed by atoms with Crippen molar-refractivity contribution in [2.45, 2.75) is 26.7 Å². The molecule has 4 heterocycles. The molecule has 0 aliphatic heterocycles. The van der Waals surface area contributed by atoms with Crippen molar-refractivity contribution >= 4 is 33.1 Å². The van der Waals surface area contributed by atoms with Gasteiger partial charge in [0.2, 0.25) is 0 Å². The molecule has 0 saturated heterocycles. The average Bonchev–Trinajstić information content (AvgIpc) is 3.64. The molecule has 223 valence electrons. The Morgan fingerprint density at radius 2 is 1.64 bits per heavy atom. The van der Waals surface area contributed by atoms with E-state index < -0.39 is 5.89 Å². The fourth-order valence-corrected chi connectivity index (χ4v) is 5.36. The third kappa shape index (κ3) is 5.95. The van der Waals surface area contributed by atoms with Crippen LogP contribution < -0.4 is 0 Å². The molecule has 0 fully saturated rings. The molecule has 0 aliphatic rings. The van der Waals surface area contributed by atoms with E-state index in [1.807, 2.05) is 118 Å².